The van der Waals surface area contributed by atoms with Gasteiger partial charge in [0.2, 0.25) is 5.75 Å². The Morgan fingerprint density at radius 2 is 1.81 bits per heavy atom. The molecule has 2 heterocycles. The molecule has 0 saturated carbocycles. The van der Waals surface area contributed by atoms with Crippen molar-refractivity contribution in [2.24, 2.45) is 0 Å². The number of aromatic nitrogens is 1. The minimum absolute atomic E-state index is 0.0396. The maximum absolute atomic E-state index is 12.0. The highest BCUT2D eigenvalue weighted by Gasteiger charge is 2.22. The van der Waals surface area contributed by atoms with Gasteiger partial charge in [0.25, 0.3) is 0 Å². The van der Waals surface area contributed by atoms with Crippen LogP contribution >= 0.6 is 23.2 Å². The maximum atomic E-state index is 12.0. The molecule has 0 unspecified atom stereocenters. The third-order valence-electron chi connectivity index (χ3n) is 4.63. The molecule has 4 nitrogen and oxygen atoms in total. The molecule has 4 rings (SSSR count). The predicted molar refractivity (Wildman–Crippen MR) is 104 cm³/mol. The van der Waals surface area contributed by atoms with Crippen molar-refractivity contribution in [3.63, 3.8) is 0 Å². The van der Waals surface area contributed by atoms with Crippen molar-refractivity contribution in [2.75, 3.05) is 18.0 Å². The van der Waals surface area contributed by atoms with E-state index in [9.17, 15) is 5.11 Å². The number of benzene rings is 2. The van der Waals surface area contributed by atoms with Gasteiger partial charge in [-0.2, -0.15) is 0 Å². The topological polar surface area (TPSA) is 45.3 Å². The zero-order chi connectivity index (χ0) is 18.1. The molecule has 2 aromatic carbocycles. The van der Waals surface area contributed by atoms with Gasteiger partial charge in [0.05, 0.1) is 10.0 Å². The fourth-order valence-electron chi connectivity index (χ4n) is 3.23. The third-order valence-corrected chi connectivity index (χ3v) is 5.37. The summed E-state index contributed by atoms with van der Waals surface area (Å²) in [5, 5.41) is 13.9. The Balaban J connectivity index is 1.43. The van der Waals surface area contributed by atoms with E-state index in [0.29, 0.717) is 15.6 Å². The monoisotopic (exact) mass is 387 g/mol. The van der Waals surface area contributed by atoms with Crippen molar-refractivity contribution in [1.29, 1.82) is 0 Å². The zero-order valence-corrected chi connectivity index (χ0v) is 15.5. The minimum atomic E-state index is -0.0396. The summed E-state index contributed by atoms with van der Waals surface area (Å²) in [7, 11) is 0. The van der Waals surface area contributed by atoms with Crippen molar-refractivity contribution < 1.29 is 9.84 Å². The smallest absolute Gasteiger partial charge is 0.204 e. The molecule has 1 aliphatic rings. The average molecular weight is 388 g/mol. The van der Waals surface area contributed by atoms with Crippen molar-refractivity contribution in [1.82, 2.24) is 4.98 Å². The second kappa shape index (κ2) is 7.22. The van der Waals surface area contributed by atoms with E-state index >= 15 is 0 Å². The number of fused-ring (bicyclic) bond motifs is 1. The summed E-state index contributed by atoms with van der Waals surface area (Å²) >= 11 is 12.0. The molecule has 0 bridgehead atoms. The normalized spacial score (nSPS) is 15.4. The minimum Gasteiger partial charge on any atom is -0.490 e. The Morgan fingerprint density at radius 1 is 1.00 bits per heavy atom. The van der Waals surface area contributed by atoms with Gasteiger partial charge in [-0.25, -0.2) is 4.98 Å². The number of halogens is 2. The maximum Gasteiger partial charge on any atom is 0.204 e. The molecule has 26 heavy (non-hydrogen) atoms. The summed E-state index contributed by atoms with van der Waals surface area (Å²) < 4.78 is 6.02. The van der Waals surface area contributed by atoms with Crippen LogP contribution in [0.3, 0.4) is 0 Å². The standard InChI is InChI=1S/C20H17Cl2N2O2/c21-16-6-5-15(12-17(16)22)26-14-8-10-24(11-9-14)19-7-4-13-2-1-3-18(25)20(13)23-19/h1-7,12,14H,8-11H2. The first kappa shape index (κ1) is 17.3. The molecule has 3 aromatic rings. The van der Waals surface area contributed by atoms with Gasteiger partial charge in [0.1, 0.15) is 23.2 Å². The van der Waals surface area contributed by atoms with Crippen molar-refractivity contribution in [2.45, 2.75) is 18.9 Å². The van der Waals surface area contributed by atoms with E-state index in [0.717, 1.165) is 42.9 Å². The zero-order valence-electron chi connectivity index (χ0n) is 14.0. The Kier molecular flexibility index (Phi) is 4.79. The van der Waals surface area contributed by atoms with Crippen LogP contribution in [0.25, 0.3) is 10.9 Å². The summed E-state index contributed by atoms with van der Waals surface area (Å²) in [6.45, 7) is 1.65. The van der Waals surface area contributed by atoms with Crippen LogP contribution in [0.5, 0.6) is 11.5 Å². The lowest BCUT2D eigenvalue weighted by Gasteiger charge is -2.33. The van der Waals surface area contributed by atoms with Gasteiger partial charge in [0.15, 0.2) is 0 Å². The average Bonchev–Trinajstić information content (AvgIpc) is 2.66. The first-order valence-corrected chi connectivity index (χ1v) is 9.29. The molecule has 1 fully saturated rings. The van der Waals surface area contributed by atoms with Gasteiger partial charge in [-0.3, -0.25) is 5.11 Å². The molecule has 0 spiro atoms. The highest BCUT2D eigenvalue weighted by Crippen LogP contribution is 2.30. The van der Waals surface area contributed by atoms with Gasteiger partial charge >= 0.3 is 0 Å². The van der Waals surface area contributed by atoms with Gasteiger partial charge < -0.3 is 9.64 Å². The second-order valence-corrected chi connectivity index (χ2v) is 7.19. The molecular weight excluding hydrogens is 371 g/mol. The van der Waals surface area contributed by atoms with E-state index in [1.807, 2.05) is 24.3 Å². The van der Waals surface area contributed by atoms with Crippen LogP contribution in [0.2, 0.25) is 10.0 Å². The van der Waals surface area contributed by atoms with Gasteiger partial charge in [-0.15, -0.1) is 0 Å². The summed E-state index contributed by atoms with van der Waals surface area (Å²) in [4.78, 5) is 6.76. The molecule has 0 aliphatic carbocycles. The van der Waals surface area contributed by atoms with Crippen LogP contribution < -0.4 is 9.64 Å². The van der Waals surface area contributed by atoms with Crippen molar-refractivity contribution >= 4 is 39.9 Å². The Hall–Kier alpha value is -2.17. The molecule has 1 radical (unpaired) electrons. The van der Waals surface area contributed by atoms with E-state index in [-0.39, 0.29) is 11.9 Å². The number of nitrogens with zero attached hydrogens (tertiary/aromatic N) is 2. The van der Waals surface area contributed by atoms with Crippen LogP contribution in [0.4, 0.5) is 5.82 Å². The molecule has 1 saturated heterocycles. The SMILES string of the molecule is [O]c1cccc2ccc(N3CCC(Oc4ccc(Cl)c(Cl)c4)CC3)nc12. The number of rotatable bonds is 3. The fraction of sp³-hybridized carbons (Fsp3) is 0.250. The number of hydrogen-bond acceptors (Lipinski definition) is 3. The molecule has 0 atom stereocenters. The highest BCUT2D eigenvalue weighted by molar-refractivity contribution is 6.42. The number of ether oxygens (including phenoxy) is 1. The first-order chi connectivity index (χ1) is 12.6. The van der Waals surface area contributed by atoms with E-state index in [2.05, 4.69) is 9.88 Å². The summed E-state index contributed by atoms with van der Waals surface area (Å²) in [5.41, 5.74) is 0.527. The summed E-state index contributed by atoms with van der Waals surface area (Å²) in [6.07, 6.45) is 1.87. The molecule has 6 heteroatoms. The molecule has 0 N–H and O–H groups in total. The molecule has 1 aliphatic heterocycles. The highest BCUT2D eigenvalue weighted by atomic mass is 35.5. The lowest BCUT2D eigenvalue weighted by Crippen LogP contribution is -2.38. The van der Waals surface area contributed by atoms with Gasteiger partial charge in [0, 0.05) is 37.4 Å². The Morgan fingerprint density at radius 3 is 2.58 bits per heavy atom. The lowest BCUT2D eigenvalue weighted by molar-refractivity contribution is 0.171. The number of piperidine rings is 1. The van der Waals surface area contributed by atoms with Crippen LogP contribution in [-0.2, 0) is 5.11 Å². The van der Waals surface area contributed by atoms with E-state index in [1.54, 1.807) is 24.3 Å². The molecule has 0 amide bonds. The van der Waals surface area contributed by atoms with Gasteiger partial charge in [-0.05, 0) is 30.3 Å². The van der Waals surface area contributed by atoms with Crippen LogP contribution in [0.1, 0.15) is 12.8 Å². The van der Waals surface area contributed by atoms with Crippen LogP contribution in [0.15, 0.2) is 48.5 Å². The van der Waals surface area contributed by atoms with Crippen molar-refractivity contribution in [3.05, 3.63) is 58.6 Å². The first-order valence-electron chi connectivity index (χ1n) is 8.53. The van der Waals surface area contributed by atoms with E-state index in [4.69, 9.17) is 27.9 Å². The number of para-hydroxylation sites is 1. The third kappa shape index (κ3) is 3.53. The number of anilines is 1. The molecule has 1 aromatic heterocycles. The molecule has 133 valence electrons. The summed E-state index contributed by atoms with van der Waals surface area (Å²) in [5.74, 6) is 1.54. The van der Waals surface area contributed by atoms with E-state index < -0.39 is 0 Å². The summed E-state index contributed by atoms with van der Waals surface area (Å²) in [6, 6.07) is 14.5. The fourth-order valence-corrected chi connectivity index (χ4v) is 3.52. The largest absolute Gasteiger partial charge is 0.490 e. The van der Waals surface area contributed by atoms with Crippen LogP contribution in [0, 0.1) is 0 Å². The van der Waals surface area contributed by atoms with E-state index in [1.165, 1.54) is 0 Å². The number of hydrogen-bond donors (Lipinski definition) is 0. The predicted octanol–water partition coefficient (Wildman–Crippen LogP) is 5.73. The van der Waals surface area contributed by atoms with Gasteiger partial charge in [-0.1, -0.05) is 35.3 Å². The lowest BCUT2D eigenvalue weighted by atomic mass is 10.1. The van der Waals surface area contributed by atoms with Crippen LogP contribution in [-0.4, -0.2) is 24.2 Å². The second-order valence-electron chi connectivity index (χ2n) is 6.38. The van der Waals surface area contributed by atoms with Crippen molar-refractivity contribution in [3.8, 4) is 11.5 Å². The Labute approximate surface area is 161 Å². The Bertz CT molecular complexity index is 940. The quantitative estimate of drug-likeness (QED) is 0.575. The number of pyridine rings is 1. The molecular formula is C20H17Cl2N2O2.